The smallest absolute Gasteiger partial charge is 0.246 e. The summed E-state index contributed by atoms with van der Waals surface area (Å²) >= 11 is 0. The van der Waals surface area contributed by atoms with Crippen LogP contribution in [0.15, 0.2) is 84.9 Å². The molecule has 0 saturated heterocycles. The van der Waals surface area contributed by atoms with E-state index in [9.17, 15) is 28.3 Å². The number of carbonyl (C=O) groups is 3. The Morgan fingerprint density at radius 2 is 1.44 bits per heavy atom. The van der Waals surface area contributed by atoms with Gasteiger partial charge >= 0.3 is 0 Å². The van der Waals surface area contributed by atoms with Crippen LogP contribution in [0.5, 0.6) is 0 Å². The van der Waals surface area contributed by atoms with E-state index in [0.717, 1.165) is 41.7 Å². The molecule has 3 aromatic rings. The van der Waals surface area contributed by atoms with Gasteiger partial charge in [0, 0.05) is 39.0 Å². The highest BCUT2D eigenvalue weighted by Crippen LogP contribution is 2.22. The maximum atomic E-state index is 14.3. The number of halogens is 2. The lowest BCUT2D eigenvalue weighted by molar-refractivity contribution is -0.146. The maximum absolute atomic E-state index is 14.3. The number of amides is 3. The van der Waals surface area contributed by atoms with Crippen molar-refractivity contribution < 1.29 is 28.3 Å². The first-order chi connectivity index (χ1) is 22.8. The van der Waals surface area contributed by atoms with Gasteiger partial charge in [0.25, 0.3) is 0 Å². The van der Waals surface area contributed by atoms with Gasteiger partial charge in [-0.15, -0.1) is 0 Å². The van der Waals surface area contributed by atoms with Crippen LogP contribution in [0.1, 0.15) is 51.2 Å². The van der Waals surface area contributed by atoms with Crippen LogP contribution in [0.3, 0.4) is 0 Å². The van der Waals surface area contributed by atoms with Crippen LogP contribution in [-0.4, -0.2) is 77.0 Å². The van der Waals surface area contributed by atoms with Gasteiger partial charge < -0.3 is 26.0 Å². The minimum Gasteiger partial charge on any atom is -0.392 e. The summed E-state index contributed by atoms with van der Waals surface area (Å²) in [6.45, 7) is 5.41. The fraction of sp³-hybridized carbons (Fsp3) is 0.395. The summed E-state index contributed by atoms with van der Waals surface area (Å²) in [7, 11) is 2.98. The van der Waals surface area contributed by atoms with Crippen LogP contribution in [0.25, 0.3) is 11.1 Å². The molecule has 0 fully saturated rings. The molecule has 3 aromatic carbocycles. The Morgan fingerprint density at radius 1 is 0.854 bits per heavy atom. The number of nitrogens with two attached hydrogens (primary N) is 1. The molecule has 48 heavy (non-hydrogen) atoms. The van der Waals surface area contributed by atoms with Gasteiger partial charge in [-0.25, -0.2) is 8.78 Å². The maximum Gasteiger partial charge on any atom is 0.246 e. The van der Waals surface area contributed by atoms with Crippen LogP contribution in [0, 0.1) is 11.6 Å². The second kappa shape index (κ2) is 17.7. The van der Waals surface area contributed by atoms with Crippen molar-refractivity contribution in [3.63, 3.8) is 0 Å². The Morgan fingerprint density at radius 3 is 2.02 bits per heavy atom. The fourth-order valence-corrected chi connectivity index (χ4v) is 5.33. The number of hydrogen-bond donors (Lipinski definition) is 3. The summed E-state index contributed by atoms with van der Waals surface area (Å²) in [6.07, 6.45) is 4.26. The first-order valence-corrected chi connectivity index (χ1v) is 16.3. The third kappa shape index (κ3) is 10.6. The van der Waals surface area contributed by atoms with Crippen molar-refractivity contribution in [1.82, 2.24) is 15.1 Å². The summed E-state index contributed by atoms with van der Waals surface area (Å²) < 4.78 is 27.8. The van der Waals surface area contributed by atoms with E-state index >= 15 is 0 Å². The first-order valence-electron chi connectivity index (χ1n) is 16.3. The molecule has 0 saturated carbocycles. The van der Waals surface area contributed by atoms with E-state index in [0.29, 0.717) is 12.0 Å². The number of nitrogens with zero attached hydrogens (tertiary/aromatic N) is 2. The highest BCUT2D eigenvalue weighted by molar-refractivity contribution is 5.95. The summed E-state index contributed by atoms with van der Waals surface area (Å²) in [5.41, 5.74) is 9.08. The molecule has 3 amide bonds. The molecule has 0 aliphatic heterocycles. The van der Waals surface area contributed by atoms with Crippen molar-refractivity contribution in [1.29, 1.82) is 0 Å². The molecule has 10 heteroatoms. The molecule has 3 atom stereocenters. The van der Waals surface area contributed by atoms with Gasteiger partial charge in [0.15, 0.2) is 11.6 Å². The molecule has 0 bridgehead atoms. The normalized spacial score (nSPS) is 13.5. The van der Waals surface area contributed by atoms with Crippen LogP contribution in [0.2, 0.25) is 0 Å². The van der Waals surface area contributed by atoms with Crippen molar-refractivity contribution >= 4 is 17.7 Å². The molecule has 258 valence electrons. The number of nitrogens with one attached hydrogen (secondary N) is 1. The first kappa shape index (κ1) is 38.0. The molecule has 0 heterocycles. The number of benzene rings is 3. The van der Waals surface area contributed by atoms with Crippen molar-refractivity contribution in [2.24, 2.45) is 5.73 Å². The van der Waals surface area contributed by atoms with Crippen LogP contribution < -0.4 is 11.1 Å². The number of hydrogen-bond acceptors (Lipinski definition) is 5. The number of aliphatic hydroxyl groups excluding tert-OH is 1. The van der Waals surface area contributed by atoms with E-state index in [2.05, 4.69) is 5.32 Å². The zero-order valence-corrected chi connectivity index (χ0v) is 28.5. The molecule has 0 aliphatic carbocycles. The van der Waals surface area contributed by atoms with Gasteiger partial charge in [0.2, 0.25) is 17.7 Å². The van der Waals surface area contributed by atoms with Gasteiger partial charge in [0.05, 0.1) is 6.10 Å². The third-order valence-electron chi connectivity index (χ3n) is 8.89. The lowest BCUT2D eigenvalue weighted by atomic mass is 9.90. The molecule has 0 aromatic heterocycles. The van der Waals surface area contributed by atoms with E-state index in [-0.39, 0.29) is 19.4 Å². The zero-order valence-electron chi connectivity index (χ0n) is 28.5. The number of likely N-dealkylation sites (N-methyl/N-ethyl adjacent to an activating group) is 2. The molecule has 4 N–H and O–H groups in total. The molecular weight excluding hydrogens is 614 g/mol. The van der Waals surface area contributed by atoms with Crippen LogP contribution in [-0.2, 0) is 27.2 Å². The van der Waals surface area contributed by atoms with Gasteiger partial charge in [0.1, 0.15) is 12.1 Å². The summed E-state index contributed by atoms with van der Waals surface area (Å²) in [5, 5.41) is 12.4. The minimum atomic E-state index is -1.16. The molecule has 0 unspecified atom stereocenters. The Balaban J connectivity index is 1.96. The lowest BCUT2D eigenvalue weighted by Gasteiger charge is -2.34. The number of aliphatic hydroxyl groups is 1. The lowest BCUT2D eigenvalue weighted by Crippen LogP contribution is -2.56. The summed E-state index contributed by atoms with van der Waals surface area (Å²) in [5.74, 6) is -3.63. The second-order valence-corrected chi connectivity index (χ2v) is 12.4. The molecule has 0 aliphatic rings. The van der Waals surface area contributed by atoms with Gasteiger partial charge in [-0.05, 0) is 66.6 Å². The van der Waals surface area contributed by atoms with E-state index in [1.54, 1.807) is 6.08 Å². The minimum absolute atomic E-state index is 0.0757. The molecular formula is C38H48F2N4O4. The number of carbonyl (C=O) groups excluding carboxylic acids is 3. The highest BCUT2D eigenvalue weighted by atomic mass is 19.2. The standard InChI is InChI=1S/C38H48F2N4O4/c1-6-38(41,7-2)21-11-14-35(46)43(4)34(23-27-15-18-30(19-16-27)29-12-9-8-10-13-29)37(48)44(5)33(36(47)42-25-26(3)45)24-28-17-20-31(39)32(40)22-28/h8-20,22,26,33-34,45H,6-7,21,23-25,41H2,1-5H3,(H,42,47)/t26-,33-,34-/m1/s1. The van der Waals surface area contributed by atoms with E-state index < -0.39 is 53.1 Å². The third-order valence-corrected chi connectivity index (χ3v) is 8.89. The molecule has 0 spiro atoms. The predicted octanol–water partition coefficient (Wildman–Crippen LogP) is 5.03. The van der Waals surface area contributed by atoms with Gasteiger partial charge in [-0.1, -0.05) is 80.6 Å². The summed E-state index contributed by atoms with van der Waals surface area (Å²) in [6, 6.07) is 18.6. The summed E-state index contributed by atoms with van der Waals surface area (Å²) in [4.78, 5) is 43.8. The average Bonchev–Trinajstić information content (AvgIpc) is 3.09. The van der Waals surface area contributed by atoms with Crippen molar-refractivity contribution in [3.05, 3.63) is 108 Å². The molecule has 3 rings (SSSR count). The van der Waals surface area contributed by atoms with Crippen molar-refractivity contribution in [2.45, 2.75) is 76.6 Å². The van der Waals surface area contributed by atoms with Gasteiger partial charge in [-0.3, -0.25) is 14.4 Å². The zero-order chi connectivity index (χ0) is 35.4. The van der Waals surface area contributed by atoms with E-state index in [4.69, 9.17) is 5.73 Å². The quantitative estimate of drug-likeness (QED) is 0.186. The van der Waals surface area contributed by atoms with Crippen LogP contribution >= 0.6 is 0 Å². The predicted molar refractivity (Wildman–Crippen MR) is 185 cm³/mol. The molecule has 8 nitrogen and oxygen atoms in total. The van der Waals surface area contributed by atoms with Crippen molar-refractivity contribution in [2.75, 3.05) is 20.6 Å². The Bertz CT molecular complexity index is 1540. The highest BCUT2D eigenvalue weighted by Gasteiger charge is 2.35. The topological polar surface area (TPSA) is 116 Å². The fourth-order valence-electron chi connectivity index (χ4n) is 5.33. The van der Waals surface area contributed by atoms with Crippen molar-refractivity contribution in [3.8, 4) is 11.1 Å². The second-order valence-electron chi connectivity index (χ2n) is 12.4. The monoisotopic (exact) mass is 662 g/mol. The Hall–Kier alpha value is -4.41. The number of rotatable bonds is 16. The Kier molecular flexibility index (Phi) is 14.0. The Labute approximate surface area is 282 Å². The van der Waals surface area contributed by atoms with E-state index in [1.807, 2.05) is 68.4 Å². The van der Waals surface area contributed by atoms with E-state index in [1.165, 1.54) is 43.0 Å². The largest absolute Gasteiger partial charge is 0.392 e. The van der Waals surface area contributed by atoms with Gasteiger partial charge in [-0.2, -0.15) is 0 Å². The molecule has 0 radical (unpaired) electrons. The SMILES string of the molecule is CCC(N)(CC)CC=CC(=O)N(C)[C@H](Cc1ccc(-c2ccccc2)cc1)C(=O)N(C)[C@H](Cc1ccc(F)c(F)c1)C(=O)NC[C@@H](C)O. The van der Waals surface area contributed by atoms with Crippen LogP contribution in [0.4, 0.5) is 8.78 Å². The average molecular weight is 663 g/mol.